The highest BCUT2D eigenvalue weighted by molar-refractivity contribution is 5.85. The van der Waals surface area contributed by atoms with Crippen LogP contribution in [0.5, 0.6) is 0 Å². The zero-order valence-corrected chi connectivity index (χ0v) is 9.73. The Kier molecular flexibility index (Phi) is 4.49. The molecule has 0 bridgehead atoms. The Morgan fingerprint density at radius 1 is 1.69 bits per heavy atom. The third-order valence-electron chi connectivity index (χ3n) is 2.58. The van der Waals surface area contributed by atoms with E-state index >= 15 is 0 Å². The van der Waals surface area contributed by atoms with Crippen molar-refractivity contribution in [1.29, 1.82) is 0 Å². The van der Waals surface area contributed by atoms with Gasteiger partial charge in [-0.25, -0.2) is 4.79 Å². The molecule has 5 nitrogen and oxygen atoms in total. The predicted octanol–water partition coefficient (Wildman–Crippen LogP) is 0.260. The minimum atomic E-state index is -0.413. The molecule has 0 aromatic rings. The van der Waals surface area contributed by atoms with Crippen LogP contribution in [-0.4, -0.2) is 36.5 Å². The topological polar surface area (TPSA) is 72.6 Å². The Bertz CT molecular complexity index is 312. The number of ether oxygens (including phenoxy) is 1. The summed E-state index contributed by atoms with van der Waals surface area (Å²) in [6, 6.07) is 0. The van der Waals surface area contributed by atoms with Crippen LogP contribution in [0.4, 0.5) is 0 Å². The van der Waals surface area contributed by atoms with Gasteiger partial charge in [0.1, 0.15) is 0 Å². The van der Waals surface area contributed by atoms with E-state index in [1.165, 1.54) is 6.08 Å². The van der Waals surface area contributed by atoms with Gasteiger partial charge in [0.15, 0.2) is 0 Å². The second kappa shape index (κ2) is 5.65. The lowest BCUT2D eigenvalue weighted by molar-refractivity contribution is -0.137. The van der Waals surface area contributed by atoms with Crippen molar-refractivity contribution < 1.29 is 14.3 Å². The van der Waals surface area contributed by atoms with Crippen molar-refractivity contribution in [2.75, 3.05) is 19.7 Å². The first kappa shape index (κ1) is 12.7. The molecule has 90 valence electrons. The number of nitrogens with two attached hydrogens (primary N) is 1. The highest BCUT2D eigenvalue weighted by Crippen LogP contribution is 2.20. The number of esters is 1. The van der Waals surface area contributed by atoms with Gasteiger partial charge in [0.25, 0.3) is 0 Å². The van der Waals surface area contributed by atoms with Gasteiger partial charge in [-0.2, -0.15) is 0 Å². The molecule has 1 heterocycles. The van der Waals surface area contributed by atoms with E-state index in [9.17, 15) is 9.59 Å². The zero-order chi connectivity index (χ0) is 12.1. The van der Waals surface area contributed by atoms with E-state index in [4.69, 9.17) is 10.5 Å². The van der Waals surface area contributed by atoms with E-state index in [0.29, 0.717) is 31.8 Å². The lowest BCUT2D eigenvalue weighted by Gasteiger charge is -2.16. The lowest BCUT2D eigenvalue weighted by Crippen LogP contribution is -2.25. The molecule has 1 aliphatic heterocycles. The van der Waals surface area contributed by atoms with Crippen LogP contribution < -0.4 is 5.73 Å². The maximum absolute atomic E-state index is 11.6. The van der Waals surface area contributed by atoms with Crippen LogP contribution in [0.15, 0.2) is 11.8 Å². The van der Waals surface area contributed by atoms with Gasteiger partial charge in [0.2, 0.25) is 5.91 Å². The van der Waals surface area contributed by atoms with Crippen LogP contribution in [0.25, 0.3) is 0 Å². The molecule has 0 aromatic heterocycles. The molecule has 1 saturated heterocycles. The van der Waals surface area contributed by atoms with Gasteiger partial charge < -0.3 is 15.4 Å². The molecule has 0 radical (unpaired) electrons. The van der Waals surface area contributed by atoms with E-state index in [-0.39, 0.29) is 11.8 Å². The fraction of sp³-hybridized carbons (Fsp3) is 0.636. The van der Waals surface area contributed by atoms with Gasteiger partial charge in [-0.3, -0.25) is 4.79 Å². The molecular formula is C11H18N2O3. The molecule has 1 amide bonds. The summed E-state index contributed by atoms with van der Waals surface area (Å²) in [5.74, 6) is -0.199. The predicted molar refractivity (Wildman–Crippen MR) is 59.3 cm³/mol. The smallest absolute Gasteiger partial charge is 0.332 e. The normalized spacial score (nSPS) is 21.4. The zero-order valence-electron chi connectivity index (χ0n) is 9.73. The van der Waals surface area contributed by atoms with Gasteiger partial charge in [-0.05, 0) is 26.3 Å². The van der Waals surface area contributed by atoms with Gasteiger partial charge in [0.05, 0.1) is 6.61 Å². The standard InChI is InChI=1S/C11H18N2O3/c1-3-16-11(15)4-8(2)13-7-9(6-12)5-10(13)14/h4,9H,3,5-7,12H2,1-2H3. The Morgan fingerprint density at radius 3 is 2.88 bits per heavy atom. The third-order valence-corrected chi connectivity index (χ3v) is 2.58. The molecular weight excluding hydrogens is 208 g/mol. The second-order valence-electron chi connectivity index (χ2n) is 3.85. The number of hydrogen-bond donors (Lipinski definition) is 1. The summed E-state index contributed by atoms with van der Waals surface area (Å²) in [7, 11) is 0. The largest absolute Gasteiger partial charge is 0.463 e. The van der Waals surface area contributed by atoms with Crippen molar-refractivity contribution in [3.05, 3.63) is 11.8 Å². The molecule has 5 heteroatoms. The molecule has 0 saturated carbocycles. The van der Waals surface area contributed by atoms with Crippen LogP contribution in [-0.2, 0) is 14.3 Å². The molecule has 16 heavy (non-hydrogen) atoms. The third kappa shape index (κ3) is 3.06. The average molecular weight is 226 g/mol. The number of rotatable bonds is 4. The van der Waals surface area contributed by atoms with Crippen molar-refractivity contribution in [2.45, 2.75) is 20.3 Å². The summed E-state index contributed by atoms with van der Waals surface area (Å²) in [5.41, 5.74) is 6.14. The number of carbonyl (C=O) groups excluding carboxylic acids is 2. The Hall–Kier alpha value is -1.36. The molecule has 0 spiro atoms. The van der Waals surface area contributed by atoms with Gasteiger partial charge in [0, 0.05) is 24.7 Å². The van der Waals surface area contributed by atoms with E-state index in [1.807, 2.05) is 0 Å². The van der Waals surface area contributed by atoms with Gasteiger partial charge >= 0.3 is 5.97 Å². The van der Waals surface area contributed by atoms with Gasteiger partial charge in [-0.1, -0.05) is 0 Å². The fourth-order valence-corrected chi connectivity index (χ4v) is 1.71. The molecule has 0 aliphatic carbocycles. The van der Waals surface area contributed by atoms with E-state index in [0.717, 1.165) is 0 Å². The number of nitrogens with zero attached hydrogens (tertiary/aromatic N) is 1. The molecule has 1 aliphatic rings. The summed E-state index contributed by atoms with van der Waals surface area (Å²) >= 11 is 0. The van der Waals surface area contributed by atoms with Gasteiger partial charge in [-0.15, -0.1) is 0 Å². The van der Waals surface area contributed by atoms with Crippen LogP contribution in [0.1, 0.15) is 20.3 Å². The summed E-state index contributed by atoms with van der Waals surface area (Å²) in [5, 5.41) is 0. The van der Waals surface area contributed by atoms with Crippen LogP contribution >= 0.6 is 0 Å². The summed E-state index contributed by atoms with van der Waals surface area (Å²) < 4.78 is 4.78. The van der Waals surface area contributed by atoms with E-state index < -0.39 is 5.97 Å². The molecule has 1 rings (SSSR count). The monoisotopic (exact) mass is 226 g/mol. The summed E-state index contributed by atoms with van der Waals surface area (Å²) in [6.45, 7) is 4.90. The van der Waals surface area contributed by atoms with Crippen molar-refractivity contribution in [3.63, 3.8) is 0 Å². The van der Waals surface area contributed by atoms with Crippen molar-refractivity contribution in [3.8, 4) is 0 Å². The molecule has 1 unspecified atom stereocenters. The highest BCUT2D eigenvalue weighted by Gasteiger charge is 2.29. The second-order valence-corrected chi connectivity index (χ2v) is 3.85. The maximum Gasteiger partial charge on any atom is 0.332 e. The quantitative estimate of drug-likeness (QED) is 0.551. The molecule has 1 atom stereocenters. The Balaban J connectivity index is 2.63. The first-order chi connectivity index (χ1) is 7.58. The van der Waals surface area contributed by atoms with Crippen LogP contribution in [0, 0.1) is 5.92 Å². The summed E-state index contributed by atoms with van der Waals surface area (Å²) in [6.07, 6.45) is 1.81. The lowest BCUT2D eigenvalue weighted by atomic mass is 10.1. The van der Waals surface area contributed by atoms with Crippen molar-refractivity contribution in [2.24, 2.45) is 11.7 Å². The first-order valence-corrected chi connectivity index (χ1v) is 5.44. The minimum Gasteiger partial charge on any atom is -0.463 e. The first-order valence-electron chi connectivity index (χ1n) is 5.44. The van der Waals surface area contributed by atoms with E-state index in [2.05, 4.69) is 0 Å². The number of likely N-dealkylation sites (tertiary alicyclic amines) is 1. The number of carbonyl (C=O) groups is 2. The van der Waals surface area contributed by atoms with Crippen LogP contribution in [0.3, 0.4) is 0 Å². The van der Waals surface area contributed by atoms with Crippen LogP contribution in [0.2, 0.25) is 0 Å². The van der Waals surface area contributed by atoms with Crippen molar-refractivity contribution >= 4 is 11.9 Å². The highest BCUT2D eigenvalue weighted by atomic mass is 16.5. The number of hydrogen-bond acceptors (Lipinski definition) is 4. The van der Waals surface area contributed by atoms with E-state index in [1.54, 1.807) is 18.7 Å². The number of amides is 1. The molecule has 2 N–H and O–H groups in total. The average Bonchev–Trinajstić information content (AvgIpc) is 2.60. The molecule has 1 fully saturated rings. The molecule has 0 aromatic carbocycles. The Labute approximate surface area is 95.2 Å². The van der Waals surface area contributed by atoms with Crippen molar-refractivity contribution in [1.82, 2.24) is 4.90 Å². The number of allylic oxidation sites excluding steroid dienone is 1. The SMILES string of the molecule is CCOC(=O)C=C(C)N1CC(CN)CC1=O. The summed E-state index contributed by atoms with van der Waals surface area (Å²) in [4.78, 5) is 24.4. The maximum atomic E-state index is 11.6. The minimum absolute atomic E-state index is 0.0218. The fourth-order valence-electron chi connectivity index (χ4n) is 1.71. The Morgan fingerprint density at radius 2 is 2.38 bits per heavy atom.